The molecule has 0 bridgehead atoms. The van der Waals surface area contributed by atoms with Crippen LogP contribution in [0.25, 0.3) is 0 Å². The van der Waals surface area contributed by atoms with E-state index in [1.807, 2.05) is 12.1 Å². The SMILES string of the molecule is CS(=O)(=O)N1CCC(C(=O)NCCSCc2ccco2)Oc2ccc(Cl)cc21. The van der Waals surface area contributed by atoms with Crippen molar-refractivity contribution in [3.05, 3.63) is 47.4 Å². The third kappa shape index (κ3) is 5.36. The zero-order valence-electron chi connectivity index (χ0n) is 15.3. The number of ether oxygens (including phenoxy) is 1. The Morgan fingerprint density at radius 2 is 2.21 bits per heavy atom. The molecule has 1 aromatic carbocycles. The summed E-state index contributed by atoms with van der Waals surface area (Å²) in [5, 5.41) is 3.24. The van der Waals surface area contributed by atoms with Gasteiger partial charge in [0.2, 0.25) is 10.0 Å². The first-order chi connectivity index (χ1) is 13.3. The standard InChI is InChI=1S/C18H21ClN2O5S2/c1-28(23,24)21-8-6-17(26-16-5-4-13(19)11-15(16)21)18(22)20-7-10-27-12-14-3-2-9-25-14/h2-5,9,11,17H,6-8,10,12H2,1H3,(H,20,22). The first-order valence-electron chi connectivity index (χ1n) is 8.66. The Kier molecular flexibility index (Phi) is 6.79. The second-order valence-corrected chi connectivity index (χ2v) is 9.71. The summed E-state index contributed by atoms with van der Waals surface area (Å²) in [6, 6.07) is 8.46. The monoisotopic (exact) mass is 444 g/mol. The maximum Gasteiger partial charge on any atom is 0.261 e. The van der Waals surface area contributed by atoms with Crippen molar-refractivity contribution in [3.8, 4) is 5.75 Å². The van der Waals surface area contributed by atoms with Crippen LogP contribution in [-0.2, 0) is 20.6 Å². The van der Waals surface area contributed by atoms with Gasteiger partial charge in [-0.3, -0.25) is 9.10 Å². The molecule has 28 heavy (non-hydrogen) atoms. The van der Waals surface area contributed by atoms with Crippen LogP contribution < -0.4 is 14.4 Å². The zero-order chi connectivity index (χ0) is 20.1. The molecule has 1 unspecified atom stereocenters. The lowest BCUT2D eigenvalue weighted by atomic mass is 10.2. The smallest absolute Gasteiger partial charge is 0.261 e. The Bertz CT molecular complexity index is 918. The van der Waals surface area contributed by atoms with E-state index in [4.69, 9.17) is 20.8 Å². The molecular formula is C18H21ClN2O5S2. The second-order valence-electron chi connectivity index (χ2n) is 6.27. The highest BCUT2D eigenvalue weighted by Gasteiger charge is 2.31. The highest BCUT2D eigenvalue weighted by atomic mass is 35.5. The van der Waals surface area contributed by atoms with Crippen molar-refractivity contribution in [3.63, 3.8) is 0 Å². The maximum absolute atomic E-state index is 12.5. The number of hydrogen-bond donors (Lipinski definition) is 1. The van der Waals surface area contributed by atoms with Gasteiger partial charge in [-0.05, 0) is 30.3 Å². The number of fused-ring (bicyclic) bond motifs is 1. The zero-order valence-corrected chi connectivity index (χ0v) is 17.6. The summed E-state index contributed by atoms with van der Waals surface area (Å²) >= 11 is 7.66. The van der Waals surface area contributed by atoms with Gasteiger partial charge in [-0.15, -0.1) is 0 Å². The summed E-state index contributed by atoms with van der Waals surface area (Å²) in [7, 11) is -3.52. The van der Waals surface area contributed by atoms with E-state index < -0.39 is 16.1 Å². The Labute approximate surface area is 173 Å². The summed E-state index contributed by atoms with van der Waals surface area (Å²) in [6.07, 6.45) is 2.21. The molecule has 3 rings (SSSR count). The fourth-order valence-electron chi connectivity index (χ4n) is 2.81. The maximum atomic E-state index is 12.5. The van der Waals surface area contributed by atoms with E-state index in [1.165, 1.54) is 10.4 Å². The Balaban J connectivity index is 1.59. The van der Waals surface area contributed by atoms with Gasteiger partial charge in [-0.25, -0.2) is 8.42 Å². The van der Waals surface area contributed by atoms with Crippen LogP contribution in [0.2, 0.25) is 5.02 Å². The topological polar surface area (TPSA) is 88.9 Å². The van der Waals surface area contributed by atoms with Crippen LogP contribution in [-0.4, -0.2) is 45.5 Å². The molecule has 7 nitrogen and oxygen atoms in total. The summed E-state index contributed by atoms with van der Waals surface area (Å²) in [5.41, 5.74) is 0.347. The van der Waals surface area contributed by atoms with Crippen molar-refractivity contribution in [1.29, 1.82) is 0 Å². The lowest BCUT2D eigenvalue weighted by molar-refractivity contribution is -0.127. The minimum absolute atomic E-state index is 0.136. The molecule has 1 atom stereocenters. The molecule has 10 heteroatoms. The quantitative estimate of drug-likeness (QED) is 0.660. The van der Waals surface area contributed by atoms with Gasteiger partial charge in [0.1, 0.15) is 11.5 Å². The van der Waals surface area contributed by atoms with E-state index in [0.29, 0.717) is 23.0 Å². The largest absolute Gasteiger partial charge is 0.478 e. The van der Waals surface area contributed by atoms with Crippen LogP contribution >= 0.6 is 23.4 Å². The summed E-state index contributed by atoms with van der Waals surface area (Å²) in [5.74, 6) is 2.40. The Morgan fingerprint density at radius 1 is 1.39 bits per heavy atom. The van der Waals surface area contributed by atoms with Crippen LogP contribution in [0.1, 0.15) is 12.2 Å². The van der Waals surface area contributed by atoms with E-state index in [-0.39, 0.29) is 18.9 Å². The minimum Gasteiger partial charge on any atom is -0.478 e. The number of furan rings is 1. The molecular weight excluding hydrogens is 424 g/mol. The van der Waals surface area contributed by atoms with Crippen molar-refractivity contribution in [2.75, 3.05) is 29.4 Å². The van der Waals surface area contributed by atoms with Gasteiger partial charge in [0.05, 0.1) is 24.0 Å². The summed E-state index contributed by atoms with van der Waals surface area (Å²) in [6.45, 7) is 0.616. The third-order valence-corrected chi connectivity index (χ3v) is 6.51. The first-order valence-corrected chi connectivity index (χ1v) is 12.0. The molecule has 0 saturated carbocycles. The third-order valence-electron chi connectivity index (χ3n) is 4.12. The van der Waals surface area contributed by atoms with E-state index in [9.17, 15) is 13.2 Å². The van der Waals surface area contributed by atoms with Gasteiger partial charge in [0.15, 0.2) is 6.10 Å². The van der Waals surface area contributed by atoms with Crippen molar-refractivity contribution < 1.29 is 22.4 Å². The van der Waals surface area contributed by atoms with E-state index in [2.05, 4.69) is 5.32 Å². The molecule has 1 aromatic heterocycles. The number of benzene rings is 1. The number of halogens is 1. The van der Waals surface area contributed by atoms with Crippen LogP contribution in [0.4, 0.5) is 5.69 Å². The van der Waals surface area contributed by atoms with Gasteiger partial charge in [-0.2, -0.15) is 11.8 Å². The Hall–Kier alpha value is -1.84. The molecule has 0 aliphatic carbocycles. The molecule has 0 spiro atoms. The van der Waals surface area contributed by atoms with Crippen molar-refractivity contribution in [2.24, 2.45) is 0 Å². The van der Waals surface area contributed by atoms with Crippen LogP contribution in [0.15, 0.2) is 41.0 Å². The number of amides is 1. The van der Waals surface area contributed by atoms with Gasteiger partial charge < -0.3 is 14.5 Å². The molecule has 2 aromatic rings. The van der Waals surface area contributed by atoms with E-state index in [0.717, 1.165) is 23.5 Å². The van der Waals surface area contributed by atoms with Gasteiger partial charge >= 0.3 is 0 Å². The number of sulfonamides is 1. The average Bonchev–Trinajstić information content (AvgIpc) is 3.06. The van der Waals surface area contributed by atoms with Gasteiger partial charge in [0, 0.05) is 30.3 Å². The summed E-state index contributed by atoms with van der Waals surface area (Å²) in [4.78, 5) is 12.5. The van der Waals surface area contributed by atoms with Gasteiger partial charge in [-0.1, -0.05) is 11.6 Å². The first kappa shape index (κ1) is 20.9. The minimum atomic E-state index is -3.52. The Morgan fingerprint density at radius 3 is 2.93 bits per heavy atom. The molecule has 0 fully saturated rings. The molecule has 1 aliphatic rings. The van der Waals surface area contributed by atoms with Crippen LogP contribution in [0.5, 0.6) is 5.75 Å². The second kappa shape index (κ2) is 9.11. The number of rotatable bonds is 7. The number of nitrogens with one attached hydrogen (secondary N) is 1. The van der Waals surface area contributed by atoms with E-state index in [1.54, 1.807) is 30.2 Å². The molecule has 0 radical (unpaired) electrons. The predicted octanol–water partition coefficient (Wildman–Crippen LogP) is 2.90. The lowest BCUT2D eigenvalue weighted by Gasteiger charge is -2.21. The van der Waals surface area contributed by atoms with Crippen molar-refractivity contribution >= 4 is 45.0 Å². The molecule has 2 heterocycles. The van der Waals surface area contributed by atoms with Crippen LogP contribution in [0.3, 0.4) is 0 Å². The molecule has 0 saturated heterocycles. The molecule has 1 N–H and O–H groups in total. The molecule has 1 amide bonds. The van der Waals surface area contributed by atoms with Crippen molar-refractivity contribution in [1.82, 2.24) is 5.32 Å². The fraction of sp³-hybridized carbons (Fsp3) is 0.389. The highest BCUT2D eigenvalue weighted by molar-refractivity contribution is 7.98. The molecule has 1 aliphatic heterocycles. The van der Waals surface area contributed by atoms with Gasteiger partial charge in [0.25, 0.3) is 5.91 Å². The van der Waals surface area contributed by atoms with E-state index >= 15 is 0 Å². The normalized spacial score (nSPS) is 16.8. The number of carbonyl (C=O) groups is 1. The van der Waals surface area contributed by atoms with Crippen LogP contribution in [0, 0.1) is 0 Å². The number of anilines is 1. The lowest BCUT2D eigenvalue weighted by Crippen LogP contribution is -2.40. The predicted molar refractivity (Wildman–Crippen MR) is 111 cm³/mol. The molecule has 152 valence electrons. The summed E-state index contributed by atoms with van der Waals surface area (Å²) < 4.78 is 36.6. The number of thioether (sulfide) groups is 1. The highest BCUT2D eigenvalue weighted by Crippen LogP contribution is 2.36. The number of hydrogen-bond acceptors (Lipinski definition) is 6. The fourth-order valence-corrected chi connectivity index (χ4v) is 4.67. The number of carbonyl (C=O) groups excluding carboxylic acids is 1. The average molecular weight is 445 g/mol. The number of nitrogens with zero attached hydrogens (tertiary/aromatic N) is 1. The van der Waals surface area contributed by atoms with Crippen molar-refractivity contribution in [2.45, 2.75) is 18.3 Å².